The van der Waals surface area contributed by atoms with E-state index in [1.807, 2.05) is 12.3 Å². The van der Waals surface area contributed by atoms with Gasteiger partial charge >= 0.3 is 6.03 Å². The molecule has 0 spiro atoms. The van der Waals surface area contributed by atoms with Gasteiger partial charge in [0.05, 0.1) is 10.0 Å². The van der Waals surface area contributed by atoms with Crippen molar-refractivity contribution in [2.75, 3.05) is 11.9 Å². The highest BCUT2D eigenvalue weighted by molar-refractivity contribution is 6.42. The summed E-state index contributed by atoms with van der Waals surface area (Å²) in [4.78, 5) is 18.4. The molecular formula is C16H13Cl2N5O. The first kappa shape index (κ1) is 15.2. The molecule has 2 aromatic heterocycles. The number of carbonyl (C=O) groups is 1. The van der Waals surface area contributed by atoms with Crippen molar-refractivity contribution in [3.05, 3.63) is 58.0 Å². The predicted molar refractivity (Wildman–Crippen MR) is 92.6 cm³/mol. The lowest BCUT2D eigenvalue weighted by Crippen LogP contribution is -2.39. The Labute approximate surface area is 148 Å². The molecule has 1 aromatic carbocycles. The maximum absolute atomic E-state index is 12.5. The lowest BCUT2D eigenvalue weighted by Gasteiger charge is -2.29. The molecule has 0 radical (unpaired) electrons. The van der Waals surface area contributed by atoms with E-state index in [0.717, 1.165) is 17.6 Å². The fourth-order valence-corrected chi connectivity index (χ4v) is 3.10. The van der Waals surface area contributed by atoms with Gasteiger partial charge in [-0.2, -0.15) is 5.10 Å². The third-order valence-electron chi connectivity index (χ3n) is 4.07. The number of halogens is 2. The van der Waals surface area contributed by atoms with Gasteiger partial charge in [-0.15, -0.1) is 0 Å². The molecule has 3 heterocycles. The predicted octanol–water partition coefficient (Wildman–Crippen LogP) is 3.63. The molecule has 3 aromatic rings. The fraction of sp³-hybridized carbons (Fsp3) is 0.188. The van der Waals surface area contributed by atoms with Gasteiger partial charge in [-0.25, -0.2) is 14.3 Å². The van der Waals surface area contributed by atoms with E-state index in [2.05, 4.69) is 15.4 Å². The molecule has 0 saturated heterocycles. The third kappa shape index (κ3) is 2.79. The first-order valence-electron chi connectivity index (χ1n) is 7.42. The number of benzene rings is 1. The van der Waals surface area contributed by atoms with Crippen LogP contribution in [0.1, 0.15) is 11.1 Å². The number of nitrogens with zero attached hydrogens (tertiary/aromatic N) is 4. The Hall–Kier alpha value is -2.31. The molecule has 0 bridgehead atoms. The van der Waals surface area contributed by atoms with Gasteiger partial charge in [-0.1, -0.05) is 23.2 Å². The van der Waals surface area contributed by atoms with Crippen molar-refractivity contribution >= 4 is 40.6 Å². The molecule has 0 atom stereocenters. The van der Waals surface area contributed by atoms with Crippen LogP contribution in [0.15, 0.2) is 36.8 Å². The van der Waals surface area contributed by atoms with Crippen LogP contribution in [0.2, 0.25) is 10.0 Å². The summed E-state index contributed by atoms with van der Waals surface area (Å²) in [7, 11) is 0. The van der Waals surface area contributed by atoms with Gasteiger partial charge in [0.15, 0.2) is 5.65 Å². The zero-order chi connectivity index (χ0) is 16.7. The Balaban J connectivity index is 1.52. The van der Waals surface area contributed by atoms with Gasteiger partial charge in [0.1, 0.15) is 6.33 Å². The topological polar surface area (TPSA) is 62.5 Å². The summed E-state index contributed by atoms with van der Waals surface area (Å²) >= 11 is 11.9. The molecule has 1 N–H and O–H groups in total. The second kappa shape index (κ2) is 5.96. The molecule has 1 aliphatic rings. The Morgan fingerprint density at radius 3 is 2.88 bits per heavy atom. The largest absolute Gasteiger partial charge is 0.322 e. The van der Waals surface area contributed by atoms with E-state index in [9.17, 15) is 4.79 Å². The summed E-state index contributed by atoms with van der Waals surface area (Å²) in [6.45, 7) is 1.17. The van der Waals surface area contributed by atoms with Crippen LogP contribution < -0.4 is 5.32 Å². The first-order valence-corrected chi connectivity index (χ1v) is 8.18. The number of pyridine rings is 1. The zero-order valence-electron chi connectivity index (χ0n) is 12.5. The SMILES string of the molecule is O=C(Nc1ccc(Cl)c(Cl)c1)N1CCc2cn3ncnc3cc2C1. The van der Waals surface area contributed by atoms with Crippen LogP contribution in [0.3, 0.4) is 0 Å². The van der Waals surface area contributed by atoms with Crippen LogP contribution in [0.25, 0.3) is 5.65 Å². The molecule has 0 aliphatic carbocycles. The summed E-state index contributed by atoms with van der Waals surface area (Å²) in [5, 5.41) is 7.86. The molecule has 122 valence electrons. The van der Waals surface area contributed by atoms with Crippen molar-refractivity contribution in [1.82, 2.24) is 19.5 Å². The summed E-state index contributed by atoms with van der Waals surface area (Å²) in [6.07, 6.45) is 4.28. The minimum Gasteiger partial charge on any atom is -0.320 e. The number of aromatic nitrogens is 3. The number of urea groups is 1. The summed E-state index contributed by atoms with van der Waals surface area (Å²) < 4.78 is 1.75. The Kier molecular flexibility index (Phi) is 3.78. The minimum atomic E-state index is -0.166. The van der Waals surface area contributed by atoms with Gasteiger partial charge in [-0.05, 0) is 41.8 Å². The fourth-order valence-electron chi connectivity index (χ4n) is 2.80. The summed E-state index contributed by atoms with van der Waals surface area (Å²) in [6, 6.07) is 6.83. The molecule has 8 heteroatoms. The minimum absolute atomic E-state index is 0.166. The Morgan fingerprint density at radius 1 is 1.17 bits per heavy atom. The highest BCUT2D eigenvalue weighted by Gasteiger charge is 2.22. The Morgan fingerprint density at radius 2 is 2.04 bits per heavy atom. The van der Waals surface area contributed by atoms with Crippen LogP contribution >= 0.6 is 23.2 Å². The van der Waals surface area contributed by atoms with Gasteiger partial charge in [-0.3, -0.25) is 0 Å². The van der Waals surface area contributed by atoms with Gasteiger partial charge < -0.3 is 10.2 Å². The molecule has 24 heavy (non-hydrogen) atoms. The van der Waals surface area contributed by atoms with Crippen LogP contribution in [-0.2, 0) is 13.0 Å². The maximum Gasteiger partial charge on any atom is 0.322 e. The van der Waals surface area contributed by atoms with Crippen molar-refractivity contribution in [2.45, 2.75) is 13.0 Å². The lowest BCUT2D eigenvalue weighted by molar-refractivity contribution is 0.206. The van der Waals surface area contributed by atoms with E-state index < -0.39 is 0 Å². The van der Waals surface area contributed by atoms with E-state index >= 15 is 0 Å². The van der Waals surface area contributed by atoms with Crippen molar-refractivity contribution < 1.29 is 4.79 Å². The number of nitrogens with one attached hydrogen (secondary N) is 1. The van der Waals surface area contributed by atoms with Crippen LogP contribution in [0, 0.1) is 0 Å². The zero-order valence-corrected chi connectivity index (χ0v) is 14.1. The molecule has 4 rings (SSSR count). The number of anilines is 1. The number of rotatable bonds is 1. The van der Waals surface area contributed by atoms with E-state index in [4.69, 9.17) is 23.2 Å². The number of amides is 2. The molecule has 2 amide bonds. The molecule has 0 saturated carbocycles. The van der Waals surface area contributed by atoms with Crippen LogP contribution in [0.5, 0.6) is 0 Å². The van der Waals surface area contributed by atoms with E-state index in [1.54, 1.807) is 27.6 Å². The maximum atomic E-state index is 12.5. The second-order valence-corrected chi connectivity index (χ2v) is 6.43. The Bertz CT molecular complexity index is 939. The summed E-state index contributed by atoms with van der Waals surface area (Å²) in [5.41, 5.74) is 3.67. The molecular weight excluding hydrogens is 349 g/mol. The van der Waals surface area contributed by atoms with Gasteiger partial charge in [0.2, 0.25) is 0 Å². The van der Waals surface area contributed by atoms with Crippen LogP contribution in [-0.4, -0.2) is 32.1 Å². The van der Waals surface area contributed by atoms with Gasteiger partial charge in [0.25, 0.3) is 0 Å². The van der Waals surface area contributed by atoms with Gasteiger partial charge in [0, 0.05) is 25.0 Å². The average molecular weight is 362 g/mol. The highest BCUT2D eigenvalue weighted by Crippen LogP contribution is 2.26. The lowest BCUT2D eigenvalue weighted by atomic mass is 10.0. The smallest absolute Gasteiger partial charge is 0.320 e. The van der Waals surface area contributed by atoms with E-state index in [1.165, 1.54) is 11.9 Å². The number of hydrogen-bond donors (Lipinski definition) is 1. The third-order valence-corrected chi connectivity index (χ3v) is 4.80. The molecule has 1 aliphatic heterocycles. The average Bonchev–Trinajstić information content (AvgIpc) is 3.02. The van der Waals surface area contributed by atoms with Crippen molar-refractivity contribution in [2.24, 2.45) is 0 Å². The first-order chi connectivity index (χ1) is 11.6. The number of hydrogen-bond acceptors (Lipinski definition) is 3. The highest BCUT2D eigenvalue weighted by atomic mass is 35.5. The summed E-state index contributed by atoms with van der Waals surface area (Å²) in [5.74, 6) is 0. The van der Waals surface area contributed by atoms with Crippen molar-refractivity contribution in [3.63, 3.8) is 0 Å². The molecule has 0 unspecified atom stereocenters. The van der Waals surface area contributed by atoms with Crippen molar-refractivity contribution in [1.29, 1.82) is 0 Å². The van der Waals surface area contributed by atoms with E-state index in [0.29, 0.717) is 28.8 Å². The monoisotopic (exact) mass is 361 g/mol. The second-order valence-electron chi connectivity index (χ2n) is 5.62. The van der Waals surface area contributed by atoms with Crippen molar-refractivity contribution in [3.8, 4) is 0 Å². The number of carbonyl (C=O) groups excluding carboxylic acids is 1. The molecule has 6 nitrogen and oxygen atoms in total. The van der Waals surface area contributed by atoms with E-state index in [-0.39, 0.29) is 6.03 Å². The normalized spacial score (nSPS) is 13.8. The number of fused-ring (bicyclic) bond motifs is 2. The quantitative estimate of drug-likeness (QED) is 0.719. The van der Waals surface area contributed by atoms with Crippen LogP contribution in [0.4, 0.5) is 10.5 Å². The molecule has 0 fully saturated rings. The standard InChI is InChI=1S/C16H13Cl2N5O/c17-13-2-1-12(6-14(13)18)21-16(24)22-4-3-10-8-23-15(19-9-20-23)5-11(10)7-22/h1-2,5-6,8-9H,3-4,7H2,(H,21,24).